The van der Waals surface area contributed by atoms with Crippen molar-refractivity contribution in [3.8, 4) is 6.07 Å². The lowest BCUT2D eigenvalue weighted by Gasteiger charge is -2.17. The Kier molecular flexibility index (Phi) is 1.79. The maximum absolute atomic E-state index is 12.5. The third-order valence-corrected chi connectivity index (χ3v) is 1.35. The van der Waals surface area contributed by atoms with Crippen LogP contribution in [0.4, 0.5) is 4.39 Å². The van der Waals surface area contributed by atoms with Crippen LogP contribution in [0.5, 0.6) is 0 Å². The lowest BCUT2D eigenvalue weighted by Crippen LogP contribution is -2.49. The normalized spacial score (nSPS) is 26.8. The van der Waals surface area contributed by atoms with Crippen molar-refractivity contribution in [2.75, 3.05) is 0 Å². The van der Waals surface area contributed by atoms with E-state index >= 15 is 0 Å². The topological polar surface area (TPSA) is 79.0 Å². The Hall–Kier alpha value is -1.90. The molecule has 12 heavy (non-hydrogen) atoms. The Morgan fingerprint density at radius 3 is 2.83 bits per heavy atom. The van der Waals surface area contributed by atoms with E-state index in [0.29, 0.717) is 0 Å². The van der Waals surface area contributed by atoms with E-state index in [-0.39, 0.29) is 0 Å². The van der Waals surface area contributed by atoms with Crippen molar-refractivity contribution in [1.82, 2.24) is 5.32 Å². The van der Waals surface area contributed by atoms with Crippen LogP contribution < -0.4 is 5.32 Å². The molecule has 0 aliphatic carbocycles. The summed E-state index contributed by atoms with van der Waals surface area (Å²) in [6, 6.07) is 1.37. The van der Waals surface area contributed by atoms with Gasteiger partial charge in [0.25, 0.3) is 0 Å². The zero-order valence-electron chi connectivity index (χ0n) is 5.82. The Labute approximate surface area is 66.9 Å². The molecule has 6 heteroatoms. The standard InChI is InChI=1S/C6H4FN3O2/c7-5-2-1-3-6(4-8,9-5)10(11)12/h1-3,9H. The van der Waals surface area contributed by atoms with Gasteiger partial charge in [-0.1, -0.05) is 6.08 Å². The summed E-state index contributed by atoms with van der Waals surface area (Å²) < 4.78 is 12.5. The summed E-state index contributed by atoms with van der Waals surface area (Å²) in [5.41, 5.74) is -2.15. The van der Waals surface area contributed by atoms with Gasteiger partial charge in [-0.05, 0) is 6.08 Å². The highest BCUT2D eigenvalue weighted by atomic mass is 19.1. The van der Waals surface area contributed by atoms with Crippen LogP contribution in [-0.4, -0.2) is 10.6 Å². The van der Waals surface area contributed by atoms with Gasteiger partial charge < -0.3 is 0 Å². The summed E-state index contributed by atoms with van der Waals surface area (Å²) in [5, 5.41) is 20.6. The molecule has 0 saturated carbocycles. The van der Waals surface area contributed by atoms with Gasteiger partial charge in [-0.2, -0.15) is 9.65 Å². The van der Waals surface area contributed by atoms with Gasteiger partial charge in [0.1, 0.15) is 0 Å². The predicted molar refractivity (Wildman–Crippen MR) is 36.8 cm³/mol. The molecule has 0 fully saturated rings. The van der Waals surface area contributed by atoms with Gasteiger partial charge in [-0.3, -0.25) is 15.4 Å². The number of dihydropyridines is 1. The Bertz CT molecular complexity index is 317. The van der Waals surface area contributed by atoms with Crippen molar-refractivity contribution in [1.29, 1.82) is 5.26 Å². The van der Waals surface area contributed by atoms with Crippen molar-refractivity contribution in [3.05, 3.63) is 34.3 Å². The molecule has 1 unspecified atom stereocenters. The molecule has 1 rings (SSSR count). The van der Waals surface area contributed by atoms with Crippen molar-refractivity contribution in [2.45, 2.75) is 5.66 Å². The number of halogens is 1. The minimum absolute atomic E-state index is 0.893. The minimum atomic E-state index is -2.15. The van der Waals surface area contributed by atoms with Crippen LogP contribution in [0, 0.1) is 21.4 Å². The summed E-state index contributed by atoms with van der Waals surface area (Å²) in [6.45, 7) is 0. The maximum Gasteiger partial charge on any atom is 0.401 e. The molecule has 5 nitrogen and oxygen atoms in total. The smallest absolute Gasteiger partial charge is 0.281 e. The van der Waals surface area contributed by atoms with Crippen molar-refractivity contribution in [2.24, 2.45) is 0 Å². The Morgan fingerprint density at radius 1 is 1.83 bits per heavy atom. The molecule has 0 saturated heterocycles. The molecule has 0 radical (unpaired) electrons. The molecule has 1 aliphatic heterocycles. The molecule has 62 valence electrons. The number of nitriles is 1. The number of nitrogens with one attached hydrogen (secondary N) is 1. The van der Waals surface area contributed by atoms with Gasteiger partial charge in [0.2, 0.25) is 0 Å². The third kappa shape index (κ3) is 1.12. The van der Waals surface area contributed by atoms with Crippen LogP contribution in [0.1, 0.15) is 0 Å². The molecule has 0 aromatic rings. The van der Waals surface area contributed by atoms with Gasteiger partial charge in [-0.25, -0.2) is 0 Å². The van der Waals surface area contributed by atoms with Crippen LogP contribution in [0.3, 0.4) is 0 Å². The van der Waals surface area contributed by atoms with Gasteiger partial charge in [0.15, 0.2) is 12.0 Å². The van der Waals surface area contributed by atoms with E-state index in [1.165, 1.54) is 6.07 Å². The van der Waals surface area contributed by atoms with E-state index in [4.69, 9.17) is 5.26 Å². The first-order valence-corrected chi connectivity index (χ1v) is 3.00. The molecular formula is C6H4FN3O2. The number of rotatable bonds is 1. The largest absolute Gasteiger partial charge is 0.401 e. The van der Waals surface area contributed by atoms with Crippen molar-refractivity contribution < 1.29 is 9.31 Å². The zero-order valence-corrected chi connectivity index (χ0v) is 5.82. The molecule has 0 spiro atoms. The number of allylic oxidation sites excluding steroid dienone is 2. The molecule has 0 bridgehead atoms. The molecule has 0 aromatic carbocycles. The van der Waals surface area contributed by atoms with Gasteiger partial charge >= 0.3 is 5.66 Å². The first kappa shape index (κ1) is 8.20. The number of hydrogen-bond acceptors (Lipinski definition) is 4. The number of hydrogen-bond donors (Lipinski definition) is 1. The lowest BCUT2D eigenvalue weighted by atomic mass is 10.1. The maximum atomic E-state index is 12.5. The predicted octanol–water partition coefficient (Wildman–Crippen LogP) is 0.453. The average Bonchev–Trinajstić information content (AvgIpc) is 2.04. The fourth-order valence-electron chi connectivity index (χ4n) is 0.750. The van der Waals surface area contributed by atoms with E-state index in [1.807, 2.05) is 5.32 Å². The molecule has 1 N–H and O–H groups in total. The summed E-state index contributed by atoms with van der Waals surface area (Å²) >= 11 is 0. The monoisotopic (exact) mass is 169 g/mol. The second-order valence-corrected chi connectivity index (χ2v) is 2.13. The highest BCUT2D eigenvalue weighted by molar-refractivity contribution is 5.25. The fraction of sp³-hybridized carbons (Fsp3) is 0.167. The zero-order chi connectivity index (χ0) is 9.19. The SMILES string of the molecule is N#CC1([N+](=O)[O-])C=CC=C(F)N1. The van der Waals surface area contributed by atoms with E-state index < -0.39 is 16.5 Å². The van der Waals surface area contributed by atoms with Crippen molar-refractivity contribution in [3.63, 3.8) is 0 Å². The van der Waals surface area contributed by atoms with Crippen LogP contribution in [0.25, 0.3) is 0 Å². The molecule has 0 amide bonds. The summed E-state index contributed by atoms with van der Waals surface area (Å²) in [7, 11) is 0. The van der Waals surface area contributed by atoms with E-state index in [9.17, 15) is 14.5 Å². The Morgan fingerprint density at radius 2 is 2.50 bits per heavy atom. The van der Waals surface area contributed by atoms with Crippen LogP contribution in [0.2, 0.25) is 0 Å². The Balaban J connectivity index is 3.02. The fourth-order valence-corrected chi connectivity index (χ4v) is 0.750. The first-order chi connectivity index (χ1) is 5.60. The molecule has 1 aliphatic rings. The molecular weight excluding hydrogens is 165 g/mol. The number of nitro groups is 1. The average molecular weight is 169 g/mol. The second kappa shape index (κ2) is 2.62. The highest BCUT2D eigenvalue weighted by Gasteiger charge is 2.42. The first-order valence-electron chi connectivity index (χ1n) is 3.00. The second-order valence-electron chi connectivity index (χ2n) is 2.13. The van der Waals surface area contributed by atoms with E-state index in [0.717, 1.165) is 18.2 Å². The van der Waals surface area contributed by atoms with E-state index in [2.05, 4.69) is 0 Å². The van der Waals surface area contributed by atoms with Crippen LogP contribution >= 0.6 is 0 Å². The van der Waals surface area contributed by atoms with Gasteiger partial charge in [0.05, 0.1) is 4.92 Å². The van der Waals surface area contributed by atoms with Gasteiger partial charge in [0, 0.05) is 6.08 Å². The van der Waals surface area contributed by atoms with Crippen LogP contribution in [0.15, 0.2) is 24.2 Å². The summed E-state index contributed by atoms with van der Waals surface area (Å²) in [6.07, 6.45) is 3.10. The van der Waals surface area contributed by atoms with Crippen LogP contribution in [-0.2, 0) is 0 Å². The quantitative estimate of drug-likeness (QED) is 0.351. The van der Waals surface area contributed by atoms with Gasteiger partial charge in [-0.15, -0.1) is 0 Å². The summed E-state index contributed by atoms with van der Waals surface area (Å²) in [5.74, 6) is -0.893. The molecule has 0 aromatic heterocycles. The summed E-state index contributed by atoms with van der Waals surface area (Å²) in [4.78, 5) is 9.44. The minimum Gasteiger partial charge on any atom is -0.281 e. The van der Waals surface area contributed by atoms with E-state index in [1.54, 1.807) is 0 Å². The third-order valence-electron chi connectivity index (χ3n) is 1.35. The number of nitrogens with zero attached hydrogens (tertiary/aromatic N) is 2. The highest BCUT2D eigenvalue weighted by Crippen LogP contribution is 2.14. The van der Waals surface area contributed by atoms with Crippen molar-refractivity contribution >= 4 is 0 Å². The molecule has 1 atom stereocenters. The lowest BCUT2D eigenvalue weighted by molar-refractivity contribution is -0.544. The molecule has 1 heterocycles.